The van der Waals surface area contributed by atoms with Crippen LogP contribution >= 0.6 is 11.9 Å². The molecule has 17 heavy (non-hydrogen) atoms. The number of rotatable bonds is 4. The van der Waals surface area contributed by atoms with Gasteiger partial charge in [0.1, 0.15) is 5.75 Å². The SMILES string of the molecule is COc1ccc(N(C=O)C2NC(=O)NS2)cc1. The van der Waals surface area contributed by atoms with E-state index in [-0.39, 0.29) is 6.03 Å². The molecule has 1 atom stereocenters. The van der Waals surface area contributed by atoms with Gasteiger partial charge in [0.05, 0.1) is 7.11 Å². The van der Waals surface area contributed by atoms with Gasteiger partial charge < -0.3 is 10.1 Å². The number of carbonyl (C=O) groups excluding carboxylic acids is 2. The number of anilines is 1. The highest BCUT2D eigenvalue weighted by Crippen LogP contribution is 2.23. The van der Waals surface area contributed by atoms with Gasteiger partial charge in [0, 0.05) is 17.6 Å². The molecule has 0 aliphatic carbocycles. The van der Waals surface area contributed by atoms with Crippen molar-refractivity contribution < 1.29 is 14.3 Å². The number of carbonyl (C=O) groups is 2. The van der Waals surface area contributed by atoms with Gasteiger partial charge in [-0.05, 0) is 24.3 Å². The summed E-state index contributed by atoms with van der Waals surface area (Å²) in [5.74, 6) is 0.709. The number of nitrogens with zero attached hydrogens (tertiary/aromatic N) is 1. The number of hydrogen-bond acceptors (Lipinski definition) is 4. The van der Waals surface area contributed by atoms with Gasteiger partial charge in [0.25, 0.3) is 0 Å². The molecule has 90 valence electrons. The van der Waals surface area contributed by atoms with Crippen LogP contribution < -0.4 is 19.7 Å². The van der Waals surface area contributed by atoms with Crippen molar-refractivity contribution in [3.05, 3.63) is 24.3 Å². The minimum Gasteiger partial charge on any atom is -0.497 e. The Labute approximate surface area is 102 Å². The largest absolute Gasteiger partial charge is 0.497 e. The molecule has 1 aliphatic rings. The summed E-state index contributed by atoms with van der Waals surface area (Å²) in [6.07, 6.45) is 0.673. The van der Waals surface area contributed by atoms with Crippen molar-refractivity contribution in [1.82, 2.24) is 10.0 Å². The lowest BCUT2D eigenvalue weighted by atomic mass is 10.3. The van der Waals surface area contributed by atoms with E-state index in [0.717, 1.165) is 11.9 Å². The van der Waals surface area contributed by atoms with Crippen molar-refractivity contribution in [2.24, 2.45) is 0 Å². The van der Waals surface area contributed by atoms with Crippen LogP contribution in [0.15, 0.2) is 24.3 Å². The maximum atomic E-state index is 11.1. The van der Waals surface area contributed by atoms with Crippen molar-refractivity contribution in [2.75, 3.05) is 12.0 Å². The molecule has 2 N–H and O–H groups in total. The third-order valence-electron chi connectivity index (χ3n) is 2.25. The molecule has 1 unspecified atom stereocenters. The third kappa shape index (κ3) is 2.44. The Morgan fingerprint density at radius 2 is 2.12 bits per heavy atom. The maximum Gasteiger partial charge on any atom is 0.327 e. The summed E-state index contributed by atoms with van der Waals surface area (Å²) in [6, 6.07) is 6.69. The van der Waals surface area contributed by atoms with Gasteiger partial charge in [-0.25, -0.2) is 4.79 Å². The summed E-state index contributed by atoms with van der Waals surface area (Å²) < 4.78 is 7.55. The van der Waals surface area contributed by atoms with E-state index in [2.05, 4.69) is 10.0 Å². The summed E-state index contributed by atoms with van der Waals surface area (Å²) in [6.45, 7) is 0. The predicted molar refractivity (Wildman–Crippen MR) is 64.6 cm³/mol. The van der Waals surface area contributed by atoms with E-state index in [0.29, 0.717) is 17.8 Å². The normalized spacial score (nSPS) is 18.2. The van der Waals surface area contributed by atoms with Gasteiger partial charge >= 0.3 is 6.03 Å². The van der Waals surface area contributed by atoms with E-state index >= 15 is 0 Å². The number of benzene rings is 1. The van der Waals surface area contributed by atoms with Gasteiger partial charge in [-0.15, -0.1) is 0 Å². The molecular weight excluding hydrogens is 242 g/mol. The smallest absolute Gasteiger partial charge is 0.327 e. The Hall–Kier alpha value is -1.89. The Morgan fingerprint density at radius 1 is 1.41 bits per heavy atom. The summed E-state index contributed by atoms with van der Waals surface area (Å²) in [4.78, 5) is 23.5. The minimum absolute atomic E-state index is 0.305. The zero-order valence-corrected chi connectivity index (χ0v) is 9.86. The topological polar surface area (TPSA) is 70.7 Å². The molecule has 1 saturated heterocycles. The van der Waals surface area contributed by atoms with Crippen LogP contribution in [0.2, 0.25) is 0 Å². The number of ether oxygens (including phenoxy) is 1. The second-order valence-electron chi connectivity index (χ2n) is 3.26. The first-order valence-corrected chi connectivity index (χ1v) is 5.72. The van der Waals surface area contributed by atoms with Crippen molar-refractivity contribution in [3.63, 3.8) is 0 Å². The van der Waals surface area contributed by atoms with Crippen LogP contribution in [-0.4, -0.2) is 25.0 Å². The lowest BCUT2D eigenvalue weighted by Crippen LogP contribution is -2.40. The highest BCUT2D eigenvalue weighted by Gasteiger charge is 2.27. The Bertz CT molecular complexity index is 423. The molecule has 1 aromatic rings. The first-order chi connectivity index (χ1) is 8.24. The standard InChI is InChI=1S/C10H11N3O3S/c1-16-8-4-2-7(3-5-8)13(6-14)10-11-9(15)12-17-10/h2-6,10H,1H3,(H2,11,12,15). The van der Waals surface area contributed by atoms with E-state index in [1.807, 2.05) is 0 Å². The van der Waals surface area contributed by atoms with E-state index in [1.165, 1.54) is 4.90 Å². The first-order valence-electron chi connectivity index (χ1n) is 4.84. The van der Waals surface area contributed by atoms with Gasteiger partial charge in [-0.1, -0.05) is 0 Å². The average Bonchev–Trinajstić information content (AvgIpc) is 2.78. The maximum absolute atomic E-state index is 11.1. The number of amides is 3. The fraction of sp³-hybridized carbons (Fsp3) is 0.200. The molecule has 0 bridgehead atoms. The van der Waals surface area contributed by atoms with Crippen LogP contribution in [0.5, 0.6) is 5.75 Å². The zero-order valence-electron chi connectivity index (χ0n) is 9.04. The predicted octanol–water partition coefficient (Wildman–Crippen LogP) is 0.903. The minimum atomic E-state index is -0.437. The summed E-state index contributed by atoms with van der Waals surface area (Å²) in [7, 11) is 1.57. The first kappa shape index (κ1) is 11.6. The van der Waals surface area contributed by atoms with Gasteiger partial charge in [-0.2, -0.15) is 0 Å². The van der Waals surface area contributed by atoms with Crippen molar-refractivity contribution in [1.29, 1.82) is 0 Å². The van der Waals surface area contributed by atoms with Crippen LogP contribution in [-0.2, 0) is 4.79 Å². The molecule has 0 radical (unpaired) electrons. The molecule has 1 aliphatic heterocycles. The van der Waals surface area contributed by atoms with Crippen molar-refractivity contribution in [2.45, 2.75) is 5.50 Å². The highest BCUT2D eigenvalue weighted by molar-refractivity contribution is 7.99. The molecule has 6 nitrogen and oxygen atoms in total. The number of urea groups is 1. The molecule has 1 heterocycles. The molecule has 0 spiro atoms. The number of nitrogens with one attached hydrogen (secondary N) is 2. The summed E-state index contributed by atoms with van der Waals surface area (Å²) >= 11 is 1.14. The Balaban J connectivity index is 2.16. The second-order valence-corrected chi connectivity index (χ2v) is 4.14. The zero-order chi connectivity index (χ0) is 12.3. The van der Waals surface area contributed by atoms with Gasteiger partial charge in [0.15, 0.2) is 5.50 Å². The van der Waals surface area contributed by atoms with Crippen LogP contribution in [0.1, 0.15) is 0 Å². The van der Waals surface area contributed by atoms with E-state index in [4.69, 9.17) is 4.74 Å². The second kappa shape index (κ2) is 4.96. The van der Waals surface area contributed by atoms with Crippen LogP contribution in [0.4, 0.5) is 10.5 Å². The Kier molecular flexibility index (Phi) is 3.38. The fourth-order valence-corrected chi connectivity index (χ4v) is 2.14. The van der Waals surface area contributed by atoms with Gasteiger partial charge in [0.2, 0.25) is 6.41 Å². The van der Waals surface area contributed by atoms with Crippen LogP contribution in [0.25, 0.3) is 0 Å². The van der Waals surface area contributed by atoms with Crippen LogP contribution in [0.3, 0.4) is 0 Å². The average molecular weight is 253 g/mol. The third-order valence-corrected chi connectivity index (χ3v) is 3.13. The molecule has 0 aromatic heterocycles. The monoisotopic (exact) mass is 253 g/mol. The molecule has 2 rings (SSSR count). The van der Waals surface area contributed by atoms with Gasteiger partial charge in [-0.3, -0.25) is 14.4 Å². The molecule has 7 heteroatoms. The van der Waals surface area contributed by atoms with Crippen LogP contribution in [0, 0.1) is 0 Å². The molecular formula is C10H11N3O3S. The molecule has 0 saturated carbocycles. The quantitative estimate of drug-likeness (QED) is 0.618. The van der Waals surface area contributed by atoms with E-state index in [1.54, 1.807) is 31.4 Å². The number of methoxy groups -OCH3 is 1. The van der Waals surface area contributed by atoms with Crippen molar-refractivity contribution in [3.8, 4) is 5.75 Å². The summed E-state index contributed by atoms with van der Waals surface area (Å²) in [5, 5.41) is 2.61. The van der Waals surface area contributed by atoms with E-state index in [9.17, 15) is 9.59 Å². The molecule has 3 amide bonds. The fourth-order valence-electron chi connectivity index (χ4n) is 1.41. The lowest BCUT2D eigenvalue weighted by Gasteiger charge is -2.22. The highest BCUT2D eigenvalue weighted by atomic mass is 32.2. The van der Waals surface area contributed by atoms with Crippen molar-refractivity contribution >= 4 is 30.1 Å². The lowest BCUT2D eigenvalue weighted by molar-refractivity contribution is -0.107. The number of hydrogen-bond donors (Lipinski definition) is 2. The van der Waals surface area contributed by atoms with E-state index < -0.39 is 5.50 Å². The Morgan fingerprint density at radius 3 is 2.59 bits per heavy atom. The molecule has 1 aromatic carbocycles. The summed E-state index contributed by atoms with van der Waals surface area (Å²) in [5.41, 5.74) is 0.246. The molecule has 1 fully saturated rings.